The lowest BCUT2D eigenvalue weighted by Gasteiger charge is -2.07. The molecule has 10 aromatic rings. The van der Waals surface area contributed by atoms with Gasteiger partial charge in [-0.2, -0.15) is 0 Å². The maximum absolute atomic E-state index is 6.57. The molecule has 10 rings (SSSR count). The Balaban J connectivity index is 1.18. The Kier molecular flexibility index (Phi) is 5.12. The molecule has 0 aliphatic heterocycles. The zero-order chi connectivity index (χ0) is 29.5. The van der Waals surface area contributed by atoms with Crippen LogP contribution in [0.15, 0.2) is 144 Å². The molecule has 0 saturated carbocycles. The molecule has 0 bridgehead atoms. The molecule has 0 radical (unpaired) electrons. The number of nitrogens with zero attached hydrogens (tertiary/aromatic N) is 3. The Morgan fingerprint density at radius 1 is 0.533 bits per heavy atom. The van der Waals surface area contributed by atoms with Gasteiger partial charge in [0.05, 0.1) is 11.0 Å². The second-order valence-electron chi connectivity index (χ2n) is 11.4. The standard InChI is InChI=1S/C40H23N3OS/c1-2-8-24(9-3-1)25-14-16-26(17-15-25)27-18-21-34-31(22-27)37-38(44-34)40(42-23-41-37)43-32-12-6-4-11-30(32)36-33(43)20-19-29-28-10-5-7-13-35(28)45-39(29)36/h1-23H. The highest BCUT2D eigenvalue weighted by atomic mass is 32.1. The van der Waals surface area contributed by atoms with E-state index in [1.807, 2.05) is 23.5 Å². The summed E-state index contributed by atoms with van der Waals surface area (Å²) in [5, 5.41) is 6.00. The van der Waals surface area contributed by atoms with Crippen LogP contribution in [0, 0.1) is 0 Å². The molecule has 0 aliphatic carbocycles. The fourth-order valence-corrected chi connectivity index (χ4v) is 8.11. The largest absolute Gasteiger partial charge is 0.450 e. The first kappa shape index (κ1) is 24.6. The third-order valence-corrected chi connectivity index (χ3v) is 10.2. The minimum absolute atomic E-state index is 0.683. The molecule has 0 fully saturated rings. The van der Waals surface area contributed by atoms with E-state index in [-0.39, 0.29) is 0 Å². The van der Waals surface area contributed by atoms with Gasteiger partial charge in [-0.1, -0.05) is 103 Å². The minimum Gasteiger partial charge on any atom is -0.450 e. The smallest absolute Gasteiger partial charge is 0.197 e. The van der Waals surface area contributed by atoms with E-state index in [4.69, 9.17) is 14.4 Å². The summed E-state index contributed by atoms with van der Waals surface area (Å²) in [5.74, 6) is 0.747. The zero-order valence-electron chi connectivity index (χ0n) is 23.9. The summed E-state index contributed by atoms with van der Waals surface area (Å²) in [6.45, 7) is 0. The number of aromatic nitrogens is 3. The molecule has 0 amide bonds. The number of rotatable bonds is 3. The number of hydrogen-bond acceptors (Lipinski definition) is 4. The molecular weight excluding hydrogens is 571 g/mol. The highest BCUT2D eigenvalue weighted by Gasteiger charge is 2.22. The van der Waals surface area contributed by atoms with Gasteiger partial charge in [-0.15, -0.1) is 11.3 Å². The SMILES string of the molecule is c1ccc(-c2ccc(-c3ccc4oc5c(-n6c7ccccc7c7c8sc9ccccc9c8ccc76)ncnc5c4c3)cc2)cc1. The predicted molar refractivity (Wildman–Crippen MR) is 187 cm³/mol. The molecular formula is C40H23N3OS. The van der Waals surface area contributed by atoms with Crippen molar-refractivity contribution < 1.29 is 4.42 Å². The van der Waals surface area contributed by atoms with Crippen molar-refractivity contribution in [1.29, 1.82) is 0 Å². The average molecular weight is 594 g/mol. The van der Waals surface area contributed by atoms with Crippen LogP contribution in [0.1, 0.15) is 0 Å². The number of benzene rings is 6. The lowest BCUT2D eigenvalue weighted by molar-refractivity contribution is 0.662. The van der Waals surface area contributed by atoms with Gasteiger partial charge in [0.2, 0.25) is 0 Å². The minimum atomic E-state index is 0.683. The molecule has 0 atom stereocenters. The van der Waals surface area contributed by atoms with Crippen LogP contribution in [0.25, 0.3) is 92.1 Å². The van der Waals surface area contributed by atoms with Crippen molar-refractivity contribution in [3.8, 4) is 28.1 Å². The van der Waals surface area contributed by atoms with E-state index in [0.717, 1.165) is 44.5 Å². The topological polar surface area (TPSA) is 43.9 Å². The van der Waals surface area contributed by atoms with Crippen LogP contribution in [-0.2, 0) is 0 Å². The molecule has 0 saturated heterocycles. The van der Waals surface area contributed by atoms with Gasteiger partial charge in [0.1, 0.15) is 17.4 Å². The fourth-order valence-electron chi connectivity index (χ4n) is 6.85. The highest BCUT2D eigenvalue weighted by Crippen LogP contribution is 2.44. The first-order valence-corrected chi connectivity index (χ1v) is 15.8. The average Bonchev–Trinajstić information content (AvgIpc) is 3.78. The zero-order valence-corrected chi connectivity index (χ0v) is 24.8. The highest BCUT2D eigenvalue weighted by molar-refractivity contribution is 7.26. The molecule has 0 N–H and O–H groups in total. The van der Waals surface area contributed by atoms with Crippen molar-refractivity contribution in [3.05, 3.63) is 140 Å². The van der Waals surface area contributed by atoms with Gasteiger partial charge in [0.25, 0.3) is 0 Å². The number of hydrogen-bond donors (Lipinski definition) is 0. The Labute approximate surface area is 261 Å². The number of fused-ring (bicyclic) bond motifs is 10. The van der Waals surface area contributed by atoms with Gasteiger partial charge in [0.15, 0.2) is 11.4 Å². The first-order chi connectivity index (χ1) is 22.3. The molecule has 4 aromatic heterocycles. The van der Waals surface area contributed by atoms with E-state index in [9.17, 15) is 0 Å². The van der Waals surface area contributed by atoms with Gasteiger partial charge in [-0.25, -0.2) is 9.97 Å². The summed E-state index contributed by atoms with van der Waals surface area (Å²) in [7, 11) is 0. The van der Waals surface area contributed by atoms with E-state index >= 15 is 0 Å². The third-order valence-electron chi connectivity index (χ3n) is 8.95. The maximum atomic E-state index is 6.57. The van der Waals surface area contributed by atoms with Crippen molar-refractivity contribution in [2.75, 3.05) is 0 Å². The van der Waals surface area contributed by atoms with Gasteiger partial charge < -0.3 is 4.42 Å². The fraction of sp³-hybridized carbons (Fsp3) is 0. The molecule has 6 aromatic carbocycles. The summed E-state index contributed by atoms with van der Waals surface area (Å²) in [6, 6.07) is 47.2. The predicted octanol–water partition coefficient (Wildman–Crippen LogP) is 11.2. The second-order valence-corrected chi connectivity index (χ2v) is 12.5. The Morgan fingerprint density at radius 3 is 2.11 bits per heavy atom. The van der Waals surface area contributed by atoms with Gasteiger partial charge in [0, 0.05) is 36.3 Å². The lowest BCUT2D eigenvalue weighted by atomic mass is 9.99. The quantitative estimate of drug-likeness (QED) is 0.205. The normalized spacial score (nSPS) is 12.0. The summed E-state index contributed by atoms with van der Waals surface area (Å²) < 4.78 is 11.4. The number of para-hydroxylation sites is 1. The Morgan fingerprint density at radius 2 is 1.24 bits per heavy atom. The maximum Gasteiger partial charge on any atom is 0.197 e. The molecule has 4 heterocycles. The van der Waals surface area contributed by atoms with E-state index in [2.05, 4.69) is 126 Å². The lowest BCUT2D eigenvalue weighted by Crippen LogP contribution is -1.98. The van der Waals surface area contributed by atoms with Crippen molar-refractivity contribution >= 4 is 75.4 Å². The van der Waals surface area contributed by atoms with Crippen molar-refractivity contribution in [1.82, 2.24) is 14.5 Å². The third kappa shape index (κ3) is 3.59. The summed E-state index contributed by atoms with van der Waals surface area (Å²) in [5.41, 5.74) is 9.17. The molecule has 0 spiro atoms. The Hall–Kier alpha value is -5.78. The molecule has 45 heavy (non-hydrogen) atoms. The van der Waals surface area contributed by atoms with E-state index < -0.39 is 0 Å². The van der Waals surface area contributed by atoms with Crippen LogP contribution in [0.5, 0.6) is 0 Å². The number of furan rings is 1. The van der Waals surface area contributed by atoms with Crippen LogP contribution < -0.4 is 0 Å². The Bertz CT molecular complexity index is 2750. The summed E-state index contributed by atoms with van der Waals surface area (Å²) >= 11 is 1.85. The van der Waals surface area contributed by atoms with Crippen LogP contribution in [0.2, 0.25) is 0 Å². The van der Waals surface area contributed by atoms with Crippen LogP contribution in [-0.4, -0.2) is 14.5 Å². The van der Waals surface area contributed by atoms with E-state index in [1.165, 1.54) is 42.1 Å². The van der Waals surface area contributed by atoms with Crippen molar-refractivity contribution in [2.45, 2.75) is 0 Å². The molecule has 210 valence electrons. The van der Waals surface area contributed by atoms with E-state index in [1.54, 1.807) is 6.33 Å². The van der Waals surface area contributed by atoms with Crippen molar-refractivity contribution in [3.63, 3.8) is 0 Å². The van der Waals surface area contributed by atoms with E-state index in [0.29, 0.717) is 5.58 Å². The molecule has 0 aliphatic rings. The van der Waals surface area contributed by atoms with Gasteiger partial charge in [-0.3, -0.25) is 4.57 Å². The van der Waals surface area contributed by atoms with Crippen LogP contribution in [0.4, 0.5) is 0 Å². The van der Waals surface area contributed by atoms with Crippen LogP contribution >= 0.6 is 11.3 Å². The second kappa shape index (κ2) is 9.36. The molecule has 0 unspecified atom stereocenters. The van der Waals surface area contributed by atoms with Gasteiger partial charge >= 0.3 is 0 Å². The van der Waals surface area contributed by atoms with Gasteiger partial charge in [-0.05, 0) is 52.6 Å². The summed E-state index contributed by atoms with van der Waals surface area (Å²) in [4.78, 5) is 9.60. The monoisotopic (exact) mass is 593 g/mol. The molecule has 5 heteroatoms. The number of thiophene rings is 1. The van der Waals surface area contributed by atoms with Crippen molar-refractivity contribution in [2.24, 2.45) is 0 Å². The molecule has 4 nitrogen and oxygen atoms in total. The van der Waals surface area contributed by atoms with Crippen LogP contribution in [0.3, 0.4) is 0 Å². The first-order valence-electron chi connectivity index (χ1n) is 15.0. The summed E-state index contributed by atoms with van der Waals surface area (Å²) in [6.07, 6.45) is 1.66.